The zero-order valence-electron chi connectivity index (χ0n) is 17.8. The Morgan fingerprint density at radius 1 is 0.808 bits per heavy atom. The summed E-state index contributed by atoms with van der Waals surface area (Å²) in [7, 11) is 2.41. The van der Waals surface area contributed by atoms with Crippen molar-refractivity contribution in [3.63, 3.8) is 0 Å². The molecule has 0 aliphatic heterocycles. The van der Waals surface area contributed by atoms with Gasteiger partial charge in [-0.1, -0.05) is 0 Å². The molecular weight excluding hydrogens is 411 g/mol. The van der Waals surface area contributed by atoms with Crippen molar-refractivity contribution in [2.24, 2.45) is 0 Å². The van der Waals surface area contributed by atoms with Crippen molar-refractivity contribution >= 4 is 32.4 Å². The molecule has 150 valence electrons. The third-order valence-electron chi connectivity index (χ3n) is 6.24. The van der Waals surface area contributed by atoms with Crippen LogP contribution in [0.5, 0.6) is 0 Å². The summed E-state index contributed by atoms with van der Waals surface area (Å²) in [6, 6.07) is 0. The fraction of sp³-hybridized carbons (Fsp3) is 0.636. The standard InChI is InChI=1S/2C10H15.2CH3.2ClH.H2Si.Ti/c2*1-3-4-5-10-7-6-9(2)8-10;;;;;;/h2*8H,3-5,7H2,1-2H3;2*1H3;2*1H;1H2;. The van der Waals surface area contributed by atoms with E-state index in [1.165, 1.54) is 51.4 Å². The van der Waals surface area contributed by atoms with E-state index in [1.54, 1.807) is 22.3 Å². The van der Waals surface area contributed by atoms with Crippen LogP contribution in [0.15, 0.2) is 42.2 Å². The number of hydrogen-bond donors (Lipinski definition) is 0. The predicted octanol–water partition coefficient (Wildman–Crippen LogP) is 7.75. The minimum absolute atomic E-state index is 0. The largest absolute Gasteiger partial charge is 0.147 e. The van der Waals surface area contributed by atoms with E-state index in [1.807, 2.05) is 7.76 Å². The van der Waals surface area contributed by atoms with Crippen LogP contribution in [0.1, 0.15) is 79.1 Å². The van der Waals surface area contributed by atoms with Crippen LogP contribution < -0.4 is 0 Å². The molecule has 0 unspecified atom stereocenters. The van der Waals surface area contributed by atoms with Crippen molar-refractivity contribution in [2.75, 3.05) is 0 Å². The topological polar surface area (TPSA) is 0 Å². The van der Waals surface area contributed by atoms with Crippen LogP contribution in [-0.2, 0) is 14.0 Å². The molecular formula is C22H40Cl2SiTi. The maximum absolute atomic E-state index is 2.73. The van der Waals surface area contributed by atoms with E-state index in [0.717, 1.165) is 0 Å². The van der Waals surface area contributed by atoms with Crippen molar-refractivity contribution in [2.45, 2.75) is 89.5 Å². The summed E-state index contributed by atoms with van der Waals surface area (Å²) in [6.45, 7) is 9.37. The van der Waals surface area contributed by atoms with Crippen LogP contribution >= 0.6 is 24.8 Å². The molecule has 0 N–H and O–H groups in total. The first-order chi connectivity index (χ1) is 11.2. The van der Waals surface area contributed by atoms with E-state index >= 15 is 0 Å². The number of rotatable bonds is 8. The second-order valence-electron chi connectivity index (χ2n) is 9.17. The SMILES string of the molecule is CCCCC1=CC(C)=[C]([Ti]([CH3])([CH3])(=[SiH2])[C]2=C(C)C=C(CCCC)C2)C1.Cl.Cl. The second kappa shape index (κ2) is 10.3. The molecule has 0 aromatic carbocycles. The van der Waals surface area contributed by atoms with Gasteiger partial charge in [0.1, 0.15) is 0 Å². The fourth-order valence-electron chi connectivity index (χ4n) is 4.76. The second-order valence-corrected chi connectivity index (χ2v) is 28.2. The van der Waals surface area contributed by atoms with Crippen LogP contribution in [0.4, 0.5) is 0 Å². The van der Waals surface area contributed by atoms with Gasteiger partial charge in [0.25, 0.3) is 0 Å². The first-order valence-corrected chi connectivity index (χ1v) is 18.7. The number of hydrogen-bond acceptors (Lipinski definition) is 0. The van der Waals surface area contributed by atoms with Gasteiger partial charge in [-0.15, -0.1) is 24.8 Å². The van der Waals surface area contributed by atoms with Crippen LogP contribution in [0.3, 0.4) is 0 Å². The van der Waals surface area contributed by atoms with Gasteiger partial charge in [0, 0.05) is 0 Å². The first kappa shape index (κ1) is 26.5. The molecule has 0 bridgehead atoms. The minimum atomic E-state index is -2.73. The molecule has 4 heteroatoms. The molecule has 2 aliphatic carbocycles. The van der Waals surface area contributed by atoms with Gasteiger partial charge < -0.3 is 0 Å². The third kappa shape index (κ3) is 5.74. The Labute approximate surface area is 177 Å². The van der Waals surface area contributed by atoms with Gasteiger partial charge >= 0.3 is 153 Å². The van der Waals surface area contributed by atoms with Crippen molar-refractivity contribution in [1.82, 2.24) is 0 Å². The van der Waals surface area contributed by atoms with Crippen molar-refractivity contribution < 1.29 is 14.0 Å². The Kier molecular flexibility index (Phi) is 10.5. The Balaban J connectivity index is 0.00000312. The van der Waals surface area contributed by atoms with E-state index in [9.17, 15) is 0 Å². The summed E-state index contributed by atoms with van der Waals surface area (Å²) in [5, 5.41) is 5.36. The van der Waals surface area contributed by atoms with Gasteiger partial charge in [-0.2, -0.15) is 0 Å². The van der Waals surface area contributed by atoms with Gasteiger partial charge in [-0.25, -0.2) is 0 Å². The maximum atomic E-state index is 2.68. The number of allylic oxidation sites excluding steroid dienone is 8. The molecule has 0 nitrogen and oxygen atoms in total. The molecule has 0 saturated carbocycles. The molecule has 0 amide bonds. The summed E-state index contributed by atoms with van der Waals surface area (Å²) in [5.41, 5.74) is 6.62. The molecule has 0 saturated heterocycles. The molecule has 0 atom stereocenters. The fourth-order valence-corrected chi connectivity index (χ4v) is 15.3. The summed E-state index contributed by atoms with van der Waals surface area (Å²) in [6.07, 6.45) is 15.5. The van der Waals surface area contributed by atoms with Crippen LogP contribution in [0, 0.1) is 0 Å². The van der Waals surface area contributed by atoms with Gasteiger partial charge in [0.2, 0.25) is 0 Å². The van der Waals surface area contributed by atoms with Crippen LogP contribution in [0.25, 0.3) is 0 Å². The Bertz CT molecular complexity index is 648. The zero-order valence-corrected chi connectivity index (χ0v) is 22.4. The predicted molar refractivity (Wildman–Crippen MR) is 125 cm³/mol. The summed E-state index contributed by atoms with van der Waals surface area (Å²) in [4.78, 5) is 0. The van der Waals surface area contributed by atoms with Crippen molar-refractivity contribution in [3.05, 3.63) is 42.2 Å². The number of halogens is 2. The molecule has 0 heterocycles. The Morgan fingerprint density at radius 2 is 1.15 bits per heavy atom. The average Bonchev–Trinajstić information content (AvgIpc) is 3.06. The van der Waals surface area contributed by atoms with E-state index in [-0.39, 0.29) is 24.8 Å². The monoisotopic (exact) mass is 450 g/mol. The number of unbranched alkanes of at least 4 members (excludes halogenated alkanes) is 2. The van der Waals surface area contributed by atoms with Gasteiger partial charge in [-0.3, -0.25) is 0 Å². The molecule has 0 spiro atoms. The molecule has 0 fully saturated rings. The molecule has 0 aromatic heterocycles. The van der Waals surface area contributed by atoms with Crippen LogP contribution in [-0.4, -0.2) is 7.63 Å². The summed E-state index contributed by atoms with van der Waals surface area (Å²) >= 11 is -2.73. The summed E-state index contributed by atoms with van der Waals surface area (Å²) < 4.78 is 3.71. The molecule has 0 radical (unpaired) electrons. The zero-order chi connectivity index (χ0) is 18.0. The first-order valence-electron chi connectivity index (χ1n) is 10.0. The van der Waals surface area contributed by atoms with E-state index < -0.39 is 14.0 Å². The van der Waals surface area contributed by atoms with Crippen molar-refractivity contribution in [3.8, 4) is 0 Å². The normalized spacial score (nSPS) is 17.8. The molecule has 26 heavy (non-hydrogen) atoms. The minimum Gasteiger partial charge on any atom is -0.147 e. The maximum Gasteiger partial charge on any atom is -0.147 e. The van der Waals surface area contributed by atoms with Crippen molar-refractivity contribution in [1.29, 1.82) is 0 Å². The van der Waals surface area contributed by atoms with Gasteiger partial charge in [0.05, 0.1) is 0 Å². The molecule has 0 aromatic rings. The third-order valence-corrected chi connectivity index (χ3v) is 17.6. The van der Waals surface area contributed by atoms with Gasteiger partial charge in [0.15, 0.2) is 0 Å². The molecule has 2 rings (SSSR count). The van der Waals surface area contributed by atoms with Crippen LogP contribution in [0.2, 0.25) is 10.5 Å². The molecule has 2 aliphatic rings. The van der Waals surface area contributed by atoms with Gasteiger partial charge in [-0.05, 0) is 0 Å². The summed E-state index contributed by atoms with van der Waals surface area (Å²) in [5.74, 6) is 0. The average molecular weight is 451 g/mol. The Morgan fingerprint density at radius 3 is 1.46 bits per heavy atom. The van der Waals surface area contributed by atoms with E-state index in [2.05, 4.69) is 57.9 Å². The van der Waals surface area contributed by atoms with E-state index in [0.29, 0.717) is 0 Å². The smallest absolute Gasteiger partial charge is 0.147 e. The van der Waals surface area contributed by atoms with E-state index in [4.69, 9.17) is 0 Å². The quantitative estimate of drug-likeness (QED) is 0.331. The Hall–Kier alpha value is 0.471.